The number of pyridine rings is 3. The van der Waals surface area contributed by atoms with Crippen molar-refractivity contribution in [1.29, 1.82) is 0 Å². The lowest BCUT2D eigenvalue weighted by Gasteiger charge is -2.09. The van der Waals surface area contributed by atoms with Crippen LogP contribution in [0.25, 0.3) is 22.8 Å². The summed E-state index contributed by atoms with van der Waals surface area (Å²) in [6, 6.07) is 12.2. The average Bonchev–Trinajstić information content (AvgIpc) is 2.67. The van der Waals surface area contributed by atoms with Crippen LogP contribution >= 0.6 is 47.8 Å². The average molecular weight is 512 g/mol. The number of hydrogen-bond donors (Lipinski definition) is 0. The van der Waals surface area contributed by atoms with Crippen molar-refractivity contribution in [2.24, 2.45) is 0 Å². The molecule has 0 aliphatic carbocycles. The molecule has 3 aromatic heterocycles. The van der Waals surface area contributed by atoms with Crippen LogP contribution in [0.1, 0.15) is 16.7 Å². The Balaban J connectivity index is 2.11. The molecule has 0 aliphatic rings. The molecule has 0 spiro atoms. The molecule has 0 radical (unpaired) electrons. The lowest BCUT2D eigenvalue weighted by molar-refractivity contribution is 1.18. The third-order valence-corrected chi connectivity index (χ3v) is 5.46. The third kappa shape index (κ3) is 4.10. The fraction of sp³-hybridized carbons (Fsp3) is 0.167. The Labute approximate surface area is 166 Å². The molecule has 0 unspecified atom stereocenters. The number of alkyl halides is 3. The fourth-order valence-corrected chi connectivity index (χ4v) is 3.34. The molecule has 0 saturated heterocycles. The predicted octanol–water partition coefficient (Wildman–Crippen LogP) is 5.89. The van der Waals surface area contributed by atoms with Crippen molar-refractivity contribution in [2.75, 3.05) is 0 Å². The molecule has 3 nitrogen and oxygen atoms in total. The highest BCUT2D eigenvalue weighted by Crippen LogP contribution is 2.25. The maximum absolute atomic E-state index is 4.80. The predicted molar refractivity (Wildman–Crippen MR) is 109 cm³/mol. The summed E-state index contributed by atoms with van der Waals surface area (Å²) in [5.74, 6) is 0. The van der Waals surface area contributed by atoms with Gasteiger partial charge in [-0.05, 0) is 53.1 Å². The van der Waals surface area contributed by atoms with E-state index in [1.807, 2.05) is 24.5 Å². The quantitative estimate of drug-likeness (QED) is 0.401. The van der Waals surface area contributed by atoms with Crippen LogP contribution in [0.2, 0.25) is 0 Å². The summed E-state index contributed by atoms with van der Waals surface area (Å²) >= 11 is 10.5. The Bertz CT molecular complexity index is 787. The SMILES string of the molecule is BrCc1ccnc(-c2cc(CBr)cc(-c3cc(CBr)ccn3)n2)c1. The van der Waals surface area contributed by atoms with Crippen LogP contribution in [0.15, 0.2) is 48.8 Å². The molecule has 0 amide bonds. The van der Waals surface area contributed by atoms with Gasteiger partial charge >= 0.3 is 0 Å². The van der Waals surface area contributed by atoms with E-state index in [0.29, 0.717) is 0 Å². The lowest BCUT2D eigenvalue weighted by atomic mass is 10.1. The van der Waals surface area contributed by atoms with Crippen molar-refractivity contribution >= 4 is 47.8 Å². The van der Waals surface area contributed by atoms with Gasteiger partial charge < -0.3 is 0 Å². The Morgan fingerprint density at radius 2 is 1.00 bits per heavy atom. The molecule has 3 heterocycles. The number of hydrogen-bond acceptors (Lipinski definition) is 3. The van der Waals surface area contributed by atoms with Gasteiger partial charge in [0.25, 0.3) is 0 Å². The summed E-state index contributed by atoms with van der Waals surface area (Å²) in [6.45, 7) is 0. The molecule has 0 aliphatic heterocycles. The highest BCUT2D eigenvalue weighted by atomic mass is 79.9. The zero-order valence-corrected chi connectivity index (χ0v) is 17.5. The topological polar surface area (TPSA) is 38.7 Å². The fourth-order valence-electron chi connectivity index (χ4n) is 2.32. The number of halogens is 3. The molecule has 0 fully saturated rings. The molecule has 0 saturated carbocycles. The smallest absolute Gasteiger partial charge is 0.0897 e. The van der Waals surface area contributed by atoms with E-state index >= 15 is 0 Å². The molecule has 0 bridgehead atoms. The highest BCUT2D eigenvalue weighted by Gasteiger charge is 2.10. The van der Waals surface area contributed by atoms with Gasteiger partial charge in [0.2, 0.25) is 0 Å². The summed E-state index contributed by atoms with van der Waals surface area (Å²) in [4.78, 5) is 13.7. The third-order valence-electron chi connectivity index (χ3n) is 3.52. The van der Waals surface area contributed by atoms with Crippen LogP contribution < -0.4 is 0 Å². The first-order valence-corrected chi connectivity index (χ1v) is 10.7. The second-order valence-corrected chi connectivity index (χ2v) is 6.93. The second kappa shape index (κ2) is 8.32. The van der Waals surface area contributed by atoms with Gasteiger partial charge in [0.1, 0.15) is 0 Å². The molecule has 0 N–H and O–H groups in total. The van der Waals surface area contributed by atoms with Crippen LogP contribution in [0, 0.1) is 0 Å². The van der Waals surface area contributed by atoms with E-state index in [9.17, 15) is 0 Å². The number of nitrogens with zero attached hydrogens (tertiary/aromatic N) is 3. The van der Waals surface area contributed by atoms with Crippen LogP contribution in [-0.4, -0.2) is 15.0 Å². The first-order chi connectivity index (χ1) is 11.7. The monoisotopic (exact) mass is 509 g/mol. The van der Waals surface area contributed by atoms with Crippen LogP contribution in [0.4, 0.5) is 0 Å². The first kappa shape index (κ1) is 17.7. The van der Waals surface area contributed by atoms with Crippen molar-refractivity contribution in [2.45, 2.75) is 16.0 Å². The Morgan fingerprint density at radius 3 is 1.42 bits per heavy atom. The van der Waals surface area contributed by atoms with E-state index in [2.05, 4.69) is 82.0 Å². The maximum Gasteiger partial charge on any atom is 0.0897 e. The lowest BCUT2D eigenvalue weighted by Crippen LogP contribution is -1.96. The zero-order valence-electron chi connectivity index (χ0n) is 12.7. The molecular formula is C18H14Br3N3. The maximum atomic E-state index is 4.80. The van der Waals surface area contributed by atoms with E-state index in [1.165, 1.54) is 11.1 Å². The number of rotatable bonds is 5. The van der Waals surface area contributed by atoms with Crippen molar-refractivity contribution < 1.29 is 0 Å². The van der Waals surface area contributed by atoms with E-state index in [0.717, 1.165) is 44.3 Å². The minimum absolute atomic E-state index is 0.756. The molecule has 3 aromatic rings. The zero-order chi connectivity index (χ0) is 16.9. The van der Waals surface area contributed by atoms with Crippen molar-refractivity contribution in [1.82, 2.24) is 15.0 Å². The Kier molecular flexibility index (Phi) is 6.14. The van der Waals surface area contributed by atoms with Crippen molar-refractivity contribution in [3.05, 3.63) is 65.5 Å². The summed E-state index contributed by atoms with van der Waals surface area (Å²) in [6.07, 6.45) is 3.63. The van der Waals surface area contributed by atoms with Gasteiger partial charge in [-0.2, -0.15) is 0 Å². The summed E-state index contributed by atoms with van der Waals surface area (Å²) in [5.41, 5.74) is 6.94. The van der Waals surface area contributed by atoms with Gasteiger partial charge in [-0.15, -0.1) is 0 Å². The van der Waals surface area contributed by atoms with Gasteiger partial charge in [-0.3, -0.25) is 9.97 Å². The largest absolute Gasteiger partial charge is 0.255 e. The van der Waals surface area contributed by atoms with E-state index in [4.69, 9.17) is 4.98 Å². The first-order valence-electron chi connectivity index (χ1n) is 7.33. The van der Waals surface area contributed by atoms with E-state index in [1.54, 1.807) is 0 Å². The minimum Gasteiger partial charge on any atom is -0.255 e. The standard InChI is InChI=1S/C18H14Br3N3/c19-9-12-1-3-22-15(5-12)17-7-14(11-21)8-18(24-17)16-6-13(10-20)2-4-23-16/h1-8H,9-11H2. The molecule has 122 valence electrons. The van der Waals surface area contributed by atoms with E-state index in [-0.39, 0.29) is 0 Å². The molecule has 0 aromatic carbocycles. The van der Waals surface area contributed by atoms with Gasteiger partial charge in [-0.25, -0.2) is 4.98 Å². The van der Waals surface area contributed by atoms with Crippen LogP contribution in [0.5, 0.6) is 0 Å². The van der Waals surface area contributed by atoms with Gasteiger partial charge in [0, 0.05) is 28.4 Å². The molecule has 0 atom stereocenters. The number of aromatic nitrogens is 3. The van der Waals surface area contributed by atoms with Gasteiger partial charge in [-0.1, -0.05) is 47.8 Å². The summed E-state index contributed by atoms with van der Waals surface area (Å²) < 4.78 is 0. The summed E-state index contributed by atoms with van der Waals surface area (Å²) in [5, 5.41) is 2.34. The van der Waals surface area contributed by atoms with Gasteiger partial charge in [0.05, 0.1) is 22.8 Å². The van der Waals surface area contributed by atoms with E-state index < -0.39 is 0 Å². The summed E-state index contributed by atoms with van der Waals surface area (Å²) in [7, 11) is 0. The molecular weight excluding hydrogens is 498 g/mol. The van der Waals surface area contributed by atoms with Crippen LogP contribution in [0.3, 0.4) is 0 Å². The van der Waals surface area contributed by atoms with Gasteiger partial charge in [0.15, 0.2) is 0 Å². The molecule has 24 heavy (non-hydrogen) atoms. The molecule has 3 rings (SSSR count). The normalized spacial score (nSPS) is 10.8. The highest BCUT2D eigenvalue weighted by molar-refractivity contribution is 9.09. The van der Waals surface area contributed by atoms with Crippen LogP contribution in [-0.2, 0) is 16.0 Å². The minimum atomic E-state index is 0.756. The van der Waals surface area contributed by atoms with Crippen molar-refractivity contribution in [3.63, 3.8) is 0 Å². The second-order valence-electron chi connectivity index (χ2n) is 5.25. The Morgan fingerprint density at radius 1 is 0.583 bits per heavy atom. The Hall–Kier alpha value is -1.11. The van der Waals surface area contributed by atoms with Crippen molar-refractivity contribution in [3.8, 4) is 22.8 Å². The molecule has 6 heteroatoms.